The second kappa shape index (κ2) is 7.25. The molecular weight excluding hydrogens is 418 g/mol. The van der Waals surface area contributed by atoms with Crippen LogP contribution in [-0.2, 0) is 13.6 Å². The molecule has 3 rings (SSSR count). The number of hydrogen-bond donors (Lipinski definition) is 1. The molecule has 26 heavy (non-hydrogen) atoms. The zero-order valence-electron chi connectivity index (χ0n) is 15.0. The fourth-order valence-electron chi connectivity index (χ4n) is 2.82. The summed E-state index contributed by atoms with van der Waals surface area (Å²) >= 11 is 9.73. The summed E-state index contributed by atoms with van der Waals surface area (Å²) < 4.78 is 4.44. The topological polar surface area (TPSA) is 64.7 Å². The predicted molar refractivity (Wildman–Crippen MR) is 106 cm³/mol. The summed E-state index contributed by atoms with van der Waals surface area (Å²) in [5, 5.41) is 12.0. The molecule has 8 heteroatoms. The molecule has 136 valence electrons. The number of anilines is 1. The number of hydrogen-bond acceptors (Lipinski definition) is 3. The highest BCUT2D eigenvalue weighted by atomic mass is 79.9. The highest BCUT2D eigenvalue weighted by Gasteiger charge is 2.19. The summed E-state index contributed by atoms with van der Waals surface area (Å²) in [6.07, 6.45) is 0. The van der Waals surface area contributed by atoms with Gasteiger partial charge in [-0.3, -0.25) is 14.2 Å². The van der Waals surface area contributed by atoms with Gasteiger partial charge in [0, 0.05) is 12.7 Å². The SMILES string of the molecule is Cc1nn(C)c(C(=O)Nc2cccc(Cn3nc(C)c(Br)c3C)c2)c1Cl. The first-order valence-corrected chi connectivity index (χ1v) is 9.24. The maximum Gasteiger partial charge on any atom is 0.275 e. The molecule has 0 saturated carbocycles. The lowest BCUT2D eigenvalue weighted by molar-refractivity contribution is 0.101. The third-order valence-electron chi connectivity index (χ3n) is 4.17. The Hall–Kier alpha value is -2.12. The van der Waals surface area contributed by atoms with Gasteiger partial charge in [0.1, 0.15) is 5.69 Å². The van der Waals surface area contributed by atoms with Crippen molar-refractivity contribution in [3.05, 3.63) is 62.1 Å². The van der Waals surface area contributed by atoms with E-state index in [9.17, 15) is 4.79 Å². The first-order chi connectivity index (χ1) is 12.3. The average Bonchev–Trinajstić information content (AvgIpc) is 2.97. The maximum absolute atomic E-state index is 12.6. The van der Waals surface area contributed by atoms with Crippen molar-refractivity contribution in [3.63, 3.8) is 0 Å². The van der Waals surface area contributed by atoms with Gasteiger partial charge in [-0.2, -0.15) is 10.2 Å². The monoisotopic (exact) mass is 435 g/mol. The van der Waals surface area contributed by atoms with Crippen molar-refractivity contribution < 1.29 is 4.79 Å². The molecule has 1 aromatic carbocycles. The van der Waals surface area contributed by atoms with E-state index in [4.69, 9.17) is 11.6 Å². The molecule has 0 atom stereocenters. The van der Waals surface area contributed by atoms with Gasteiger partial charge in [-0.25, -0.2) is 0 Å². The number of halogens is 2. The van der Waals surface area contributed by atoms with E-state index in [-0.39, 0.29) is 5.91 Å². The number of amides is 1. The van der Waals surface area contributed by atoms with Crippen LogP contribution in [0, 0.1) is 20.8 Å². The zero-order valence-corrected chi connectivity index (χ0v) is 17.3. The van der Waals surface area contributed by atoms with Crippen LogP contribution in [0.1, 0.15) is 33.1 Å². The standard InChI is InChI=1S/C18H19BrClN5O/c1-10-15(19)12(3)25(23-10)9-13-6-5-7-14(8-13)21-18(26)17-16(20)11(2)22-24(17)4/h5-8H,9H2,1-4H3,(H,21,26). The Morgan fingerprint density at radius 1 is 1.23 bits per heavy atom. The average molecular weight is 437 g/mol. The van der Waals surface area contributed by atoms with E-state index in [1.165, 1.54) is 4.68 Å². The molecular formula is C18H19BrClN5O. The first-order valence-electron chi connectivity index (χ1n) is 8.06. The molecule has 1 amide bonds. The van der Waals surface area contributed by atoms with Crippen LogP contribution in [0.5, 0.6) is 0 Å². The van der Waals surface area contributed by atoms with Gasteiger partial charge in [0.05, 0.1) is 33.1 Å². The number of rotatable bonds is 4. The zero-order chi connectivity index (χ0) is 19.0. The molecule has 2 aromatic heterocycles. The summed E-state index contributed by atoms with van der Waals surface area (Å²) in [4.78, 5) is 12.6. The Morgan fingerprint density at radius 2 is 1.96 bits per heavy atom. The van der Waals surface area contributed by atoms with E-state index in [1.54, 1.807) is 14.0 Å². The number of nitrogens with one attached hydrogen (secondary N) is 1. The molecule has 0 unspecified atom stereocenters. The minimum absolute atomic E-state index is 0.288. The summed E-state index contributed by atoms with van der Waals surface area (Å²) in [7, 11) is 1.70. The molecule has 0 aliphatic rings. The smallest absolute Gasteiger partial charge is 0.275 e. The Bertz CT molecular complexity index is 992. The van der Waals surface area contributed by atoms with E-state index < -0.39 is 0 Å². The molecule has 0 aliphatic heterocycles. The first kappa shape index (κ1) is 18.7. The fraction of sp³-hybridized carbons (Fsp3) is 0.278. The lowest BCUT2D eigenvalue weighted by atomic mass is 10.2. The number of carbonyl (C=O) groups is 1. The summed E-state index contributed by atoms with van der Waals surface area (Å²) in [5.74, 6) is -0.288. The highest BCUT2D eigenvalue weighted by molar-refractivity contribution is 9.10. The normalized spacial score (nSPS) is 11.0. The third-order valence-corrected chi connectivity index (χ3v) is 5.77. The Kier molecular flexibility index (Phi) is 5.20. The molecule has 6 nitrogen and oxygen atoms in total. The van der Waals surface area contributed by atoms with Gasteiger partial charge >= 0.3 is 0 Å². The van der Waals surface area contributed by atoms with Crippen molar-refractivity contribution in [1.29, 1.82) is 0 Å². The van der Waals surface area contributed by atoms with Gasteiger partial charge in [-0.15, -0.1) is 0 Å². The van der Waals surface area contributed by atoms with Crippen LogP contribution in [0.15, 0.2) is 28.7 Å². The summed E-state index contributed by atoms with van der Waals surface area (Å²) in [6.45, 7) is 6.37. The van der Waals surface area contributed by atoms with Gasteiger partial charge in [0.15, 0.2) is 0 Å². The molecule has 1 N–H and O–H groups in total. The van der Waals surface area contributed by atoms with E-state index in [0.717, 1.165) is 21.4 Å². The minimum atomic E-state index is -0.288. The van der Waals surface area contributed by atoms with Crippen molar-refractivity contribution >= 4 is 39.1 Å². The van der Waals surface area contributed by atoms with Gasteiger partial charge in [-0.05, 0) is 54.4 Å². The van der Waals surface area contributed by atoms with Crippen LogP contribution >= 0.6 is 27.5 Å². The van der Waals surface area contributed by atoms with Crippen LogP contribution in [-0.4, -0.2) is 25.5 Å². The second-order valence-electron chi connectivity index (χ2n) is 6.17. The number of nitrogens with zero attached hydrogens (tertiary/aromatic N) is 4. The van der Waals surface area contributed by atoms with Gasteiger partial charge in [-0.1, -0.05) is 23.7 Å². The Labute approximate surface area is 165 Å². The lowest BCUT2D eigenvalue weighted by Gasteiger charge is -2.09. The minimum Gasteiger partial charge on any atom is -0.321 e. The van der Waals surface area contributed by atoms with Gasteiger partial charge in [0.25, 0.3) is 5.91 Å². The lowest BCUT2D eigenvalue weighted by Crippen LogP contribution is -2.16. The summed E-state index contributed by atoms with van der Waals surface area (Å²) in [5.41, 5.74) is 4.72. The van der Waals surface area contributed by atoms with Crippen molar-refractivity contribution in [2.24, 2.45) is 7.05 Å². The molecule has 0 radical (unpaired) electrons. The molecule has 2 heterocycles. The van der Waals surface area contributed by atoms with E-state index in [2.05, 4.69) is 31.4 Å². The van der Waals surface area contributed by atoms with Crippen molar-refractivity contribution in [2.45, 2.75) is 27.3 Å². The van der Waals surface area contributed by atoms with E-state index in [1.807, 2.05) is 42.8 Å². The van der Waals surface area contributed by atoms with E-state index >= 15 is 0 Å². The third kappa shape index (κ3) is 3.54. The molecule has 0 bridgehead atoms. The van der Waals surface area contributed by atoms with E-state index in [0.29, 0.717) is 28.6 Å². The second-order valence-corrected chi connectivity index (χ2v) is 7.34. The molecule has 0 saturated heterocycles. The largest absolute Gasteiger partial charge is 0.321 e. The van der Waals surface area contributed by atoms with Crippen LogP contribution < -0.4 is 5.32 Å². The molecule has 0 aliphatic carbocycles. The fourth-order valence-corrected chi connectivity index (χ4v) is 3.35. The molecule has 3 aromatic rings. The van der Waals surface area contributed by atoms with Gasteiger partial charge in [0.2, 0.25) is 0 Å². The number of benzene rings is 1. The van der Waals surface area contributed by atoms with Crippen LogP contribution in [0.3, 0.4) is 0 Å². The van der Waals surface area contributed by atoms with Crippen molar-refractivity contribution in [1.82, 2.24) is 19.6 Å². The number of carbonyl (C=O) groups excluding carboxylic acids is 1. The Morgan fingerprint density at radius 3 is 2.54 bits per heavy atom. The maximum atomic E-state index is 12.6. The summed E-state index contributed by atoms with van der Waals surface area (Å²) in [6, 6.07) is 7.68. The van der Waals surface area contributed by atoms with Crippen molar-refractivity contribution in [2.75, 3.05) is 5.32 Å². The quantitative estimate of drug-likeness (QED) is 0.664. The van der Waals surface area contributed by atoms with Crippen LogP contribution in [0.25, 0.3) is 0 Å². The number of aromatic nitrogens is 4. The number of aryl methyl sites for hydroxylation is 3. The highest BCUT2D eigenvalue weighted by Crippen LogP contribution is 2.23. The van der Waals surface area contributed by atoms with Crippen molar-refractivity contribution in [3.8, 4) is 0 Å². The molecule has 0 fully saturated rings. The molecule has 0 spiro atoms. The van der Waals surface area contributed by atoms with Gasteiger partial charge < -0.3 is 5.32 Å². The van der Waals surface area contributed by atoms with Crippen LogP contribution in [0.2, 0.25) is 5.02 Å². The van der Waals surface area contributed by atoms with Crippen LogP contribution in [0.4, 0.5) is 5.69 Å². The predicted octanol–water partition coefficient (Wildman–Crippen LogP) is 4.26. The Balaban J connectivity index is 1.81.